The lowest BCUT2D eigenvalue weighted by Crippen LogP contribution is -2.46. The Labute approximate surface area is 197 Å². The smallest absolute Gasteiger partial charge is 0.392 e. The zero-order valence-corrected chi connectivity index (χ0v) is 19.7. The fourth-order valence-corrected chi connectivity index (χ4v) is 4.50. The van der Waals surface area contributed by atoms with Crippen molar-refractivity contribution >= 4 is 11.9 Å². The molecule has 0 saturated heterocycles. The predicted octanol–water partition coefficient (Wildman–Crippen LogP) is 6.26. The number of carboxylic acid groups (broad SMARTS) is 1. The summed E-state index contributed by atoms with van der Waals surface area (Å²) in [7, 11) is 0. The van der Waals surface area contributed by atoms with E-state index < -0.39 is 53.1 Å². The maximum absolute atomic E-state index is 14.7. The van der Waals surface area contributed by atoms with Gasteiger partial charge >= 0.3 is 12.1 Å². The first-order chi connectivity index (χ1) is 15.8. The molecule has 0 aromatic heterocycles. The normalized spacial score (nSPS) is 23.6. The Morgan fingerprint density at radius 1 is 1.09 bits per heavy atom. The molecule has 34 heavy (non-hydrogen) atoms. The van der Waals surface area contributed by atoms with Crippen LogP contribution in [-0.2, 0) is 9.59 Å². The first-order valence-electron chi connectivity index (χ1n) is 11.5. The molecule has 2 N–H and O–H groups in total. The number of allylic oxidation sites excluding steroid dienone is 2. The van der Waals surface area contributed by atoms with Crippen LogP contribution in [-0.4, -0.2) is 29.2 Å². The Bertz CT molecular complexity index is 990. The summed E-state index contributed by atoms with van der Waals surface area (Å²) in [6, 6.07) is 5.29. The lowest BCUT2D eigenvalue weighted by Gasteiger charge is -2.33. The molecule has 1 amide bonds. The number of hydrogen-bond donors (Lipinski definition) is 2. The molecular formula is C26H31F4NO3. The number of nitrogens with one attached hydrogen (secondary N) is 1. The predicted molar refractivity (Wildman–Crippen MR) is 121 cm³/mol. The van der Waals surface area contributed by atoms with Gasteiger partial charge in [0.1, 0.15) is 5.83 Å². The van der Waals surface area contributed by atoms with Gasteiger partial charge in [-0.3, -0.25) is 9.59 Å². The zero-order valence-electron chi connectivity index (χ0n) is 19.7. The Hall–Kier alpha value is -2.64. The number of benzene rings is 1. The van der Waals surface area contributed by atoms with Crippen LogP contribution in [0.5, 0.6) is 0 Å². The number of carboxylic acids is 1. The van der Waals surface area contributed by atoms with Gasteiger partial charge in [0.2, 0.25) is 5.91 Å². The third kappa shape index (κ3) is 5.36. The largest absolute Gasteiger partial charge is 0.481 e. The summed E-state index contributed by atoms with van der Waals surface area (Å²) in [6.45, 7) is 6.52. The second kappa shape index (κ2) is 9.55. The molecule has 8 heteroatoms. The van der Waals surface area contributed by atoms with Crippen LogP contribution < -0.4 is 5.32 Å². The standard InChI is InChI=1S/C26H31F4NO3/c1-14(2)17-5-7-18(8-6-17)21(16(4)26(28,29)30)23(32)31-22-15(3)19(9-10-20(22)27)13-25(11-12-25)24(33)34/h5-10,14-16,21-22H,11-13H2,1-4H3,(H,31,32)(H,33,34)/t15?,16-,21+,22?/m1/s1. The molecule has 186 valence electrons. The molecule has 1 aromatic carbocycles. The first-order valence-corrected chi connectivity index (χ1v) is 11.5. The fraction of sp³-hybridized carbons (Fsp3) is 0.538. The Morgan fingerprint density at radius 2 is 1.65 bits per heavy atom. The lowest BCUT2D eigenvalue weighted by molar-refractivity contribution is -0.179. The monoisotopic (exact) mass is 481 g/mol. The molecule has 1 aromatic rings. The van der Waals surface area contributed by atoms with Crippen molar-refractivity contribution in [3.8, 4) is 0 Å². The zero-order chi connectivity index (χ0) is 25.4. The van der Waals surface area contributed by atoms with Gasteiger partial charge in [0.05, 0.1) is 23.3 Å². The lowest BCUT2D eigenvalue weighted by atomic mass is 9.80. The number of carbonyl (C=O) groups is 2. The molecule has 0 heterocycles. The molecule has 1 fully saturated rings. The molecule has 0 bridgehead atoms. The number of hydrogen-bond acceptors (Lipinski definition) is 2. The topological polar surface area (TPSA) is 66.4 Å². The summed E-state index contributed by atoms with van der Waals surface area (Å²) in [6.07, 6.45) is -0.681. The van der Waals surface area contributed by atoms with Crippen LogP contribution in [0.1, 0.15) is 69.9 Å². The van der Waals surface area contributed by atoms with Crippen molar-refractivity contribution in [3.05, 3.63) is 58.9 Å². The van der Waals surface area contributed by atoms with Crippen molar-refractivity contribution in [2.24, 2.45) is 17.3 Å². The Morgan fingerprint density at radius 3 is 2.12 bits per heavy atom. The number of aliphatic carboxylic acids is 1. The second-order valence-electron chi connectivity index (χ2n) is 9.96. The van der Waals surface area contributed by atoms with Crippen LogP contribution in [0.15, 0.2) is 47.8 Å². The van der Waals surface area contributed by atoms with Crippen LogP contribution >= 0.6 is 0 Å². The van der Waals surface area contributed by atoms with E-state index in [0.29, 0.717) is 18.4 Å². The number of halogens is 4. The van der Waals surface area contributed by atoms with E-state index >= 15 is 0 Å². The van der Waals surface area contributed by atoms with Crippen molar-refractivity contribution in [2.75, 3.05) is 0 Å². The molecule has 0 aliphatic heterocycles. The average Bonchev–Trinajstić information content (AvgIpc) is 3.54. The minimum absolute atomic E-state index is 0.175. The highest BCUT2D eigenvalue weighted by Crippen LogP contribution is 2.52. The summed E-state index contributed by atoms with van der Waals surface area (Å²) >= 11 is 0. The number of amides is 1. The highest BCUT2D eigenvalue weighted by molar-refractivity contribution is 5.85. The summed E-state index contributed by atoms with van der Waals surface area (Å²) in [5.41, 5.74) is 0.924. The highest BCUT2D eigenvalue weighted by Gasteiger charge is 2.51. The molecule has 4 nitrogen and oxygen atoms in total. The molecule has 3 rings (SSSR count). The highest BCUT2D eigenvalue weighted by atomic mass is 19.4. The molecular weight excluding hydrogens is 450 g/mol. The van der Waals surface area contributed by atoms with E-state index in [4.69, 9.17) is 0 Å². The minimum atomic E-state index is -4.63. The summed E-state index contributed by atoms with van der Waals surface area (Å²) < 4.78 is 55.8. The molecule has 4 atom stereocenters. The molecule has 1 saturated carbocycles. The van der Waals surface area contributed by atoms with E-state index in [9.17, 15) is 32.3 Å². The summed E-state index contributed by atoms with van der Waals surface area (Å²) in [4.78, 5) is 24.8. The van der Waals surface area contributed by atoms with E-state index in [1.165, 1.54) is 18.2 Å². The Balaban J connectivity index is 1.85. The quantitative estimate of drug-likeness (QED) is 0.431. The van der Waals surface area contributed by atoms with Gasteiger partial charge in [-0.1, -0.05) is 63.6 Å². The van der Waals surface area contributed by atoms with Crippen molar-refractivity contribution in [1.29, 1.82) is 0 Å². The van der Waals surface area contributed by atoms with E-state index in [1.54, 1.807) is 19.1 Å². The first kappa shape index (κ1) is 26.0. The van der Waals surface area contributed by atoms with Crippen molar-refractivity contribution < 1.29 is 32.3 Å². The number of rotatable bonds is 8. The SMILES string of the molecule is CC(C)c1ccc([C@@H](C(=O)NC2C(F)=CC=C(CC3(C(=O)O)CC3)C2C)[C@@H](C)C(F)(F)F)cc1. The van der Waals surface area contributed by atoms with Gasteiger partial charge in [-0.15, -0.1) is 0 Å². The molecule has 0 spiro atoms. The molecule has 0 radical (unpaired) electrons. The maximum atomic E-state index is 14.7. The van der Waals surface area contributed by atoms with E-state index in [1.807, 2.05) is 13.8 Å². The van der Waals surface area contributed by atoms with Crippen LogP contribution in [0.4, 0.5) is 17.6 Å². The third-order valence-electron chi connectivity index (χ3n) is 7.25. The van der Waals surface area contributed by atoms with Crippen LogP contribution in [0.3, 0.4) is 0 Å². The molecule has 2 aliphatic carbocycles. The van der Waals surface area contributed by atoms with E-state index in [2.05, 4.69) is 5.32 Å². The van der Waals surface area contributed by atoms with Gasteiger partial charge in [0, 0.05) is 5.92 Å². The van der Waals surface area contributed by atoms with Gasteiger partial charge in [-0.25, -0.2) is 4.39 Å². The van der Waals surface area contributed by atoms with Crippen LogP contribution in [0.25, 0.3) is 0 Å². The van der Waals surface area contributed by atoms with E-state index in [0.717, 1.165) is 18.6 Å². The van der Waals surface area contributed by atoms with Gasteiger partial charge in [-0.2, -0.15) is 13.2 Å². The van der Waals surface area contributed by atoms with Gasteiger partial charge in [0.15, 0.2) is 0 Å². The molecule has 2 aliphatic rings. The van der Waals surface area contributed by atoms with Crippen molar-refractivity contribution in [1.82, 2.24) is 5.32 Å². The van der Waals surface area contributed by atoms with Crippen LogP contribution in [0.2, 0.25) is 0 Å². The van der Waals surface area contributed by atoms with Crippen molar-refractivity contribution in [3.63, 3.8) is 0 Å². The van der Waals surface area contributed by atoms with Gasteiger partial charge in [0.25, 0.3) is 0 Å². The molecule has 2 unspecified atom stereocenters. The maximum Gasteiger partial charge on any atom is 0.392 e. The fourth-order valence-electron chi connectivity index (χ4n) is 4.50. The average molecular weight is 482 g/mol. The van der Waals surface area contributed by atoms with Crippen LogP contribution in [0, 0.1) is 17.3 Å². The summed E-state index contributed by atoms with van der Waals surface area (Å²) in [5, 5.41) is 12.0. The summed E-state index contributed by atoms with van der Waals surface area (Å²) in [5.74, 6) is -6.45. The Kier molecular flexibility index (Phi) is 7.29. The third-order valence-corrected chi connectivity index (χ3v) is 7.25. The van der Waals surface area contributed by atoms with Crippen molar-refractivity contribution in [2.45, 2.75) is 71.0 Å². The number of carbonyl (C=O) groups excluding carboxylic acids is 1. The van der Waals surface area contributed by atoms with Gasteiger partial charge in [-0.05, 0) is 42.4 Å². The number of alkyl halides is 3. The van der Waals surface area contributed by atoms with Gasteiger partial charge < -0.3 is 10.4 Å². The minimum Gasteiger partial charge on any atom is -0.481 e. The second-order valence-corrected chi connectivity index (χ2v) is 9.96. The van der Waals surface area contributed by atoms with E-state index in [-0.39, 0.29) is 17.9 Å².